The molecule has 3 aromatic carbocycles. The number of aryl methyl sites for hydroxylation is 2. The van der Waals surface area contributed by atoms with E-state index in [1.54, 1.807) is 6.20 Å². The molecule has 0 saturated heterocycles. The van der Waals surface area contributed by atoms with Crippen molar-refractivity contribution in [2.45, 2.75) is 40.0 Å². The van der Waals surface area contributed by atoms with Crippen molar-refractivity contribution in [3.05, 3.63) is 120 Å². The van der Waals surface area contributed by atoms with Gasteiger partial charge in [0.25, 0.3) is 0 Å². The normalized spacial score (nSPS) is 11.1. The number of fused-ring (bicyclic) bond motifs is 3. The summed E-state index contributed by atoms with van der Waals surface area (Å²) in [7, 11) is 0. The van der Waals surface area contributed by atoms with Gasteiger partial charge in [0.05, 0.1) is 0 Å². The van der Waals surface area contributed by atoms with Crippen LogP contribution in [0.2, 0.25) is 0 Å². The van der Waals surface area contributed by atoms with Crippen molar-refractivity contribution in [2.75, 3.05) is 0 Å². The quantitative estimate of drug-likeness (QED) is 0.169. The van der Waals surface area contributed by atoms with Crippen molar-refractivity contribution in [1.82, 2.24) is 9.97 Å². The minimum atomic E-state index is 0. The van der Waals surface area contributed by atoms with Crippen LogP contribution >= 0.6 is 11.3 Å². The third-order valence-electron chi connectivity index (χ3n) is 6.58. The second-order valence-electron chi connectivity index (χ2n) is 10.3. The molecular formula is C34H30IrN2S-2. The van der Waals surface area contributed by atoms with E-state index in [2.05, 4.69) is 87.1 Å². The van der Waals surface area contributed by atoms with Crippen molar-refractivity contribution in [1.29, 1.82) is 0 Å². The van der Waals surface area contributed by atoms with Gasteiger partial charge in [-0.15, -0.1) is 59.7 Å². The van der Waals surface area contributed by atoms with Gasteiger partial charge in [-0.25, -0.2) is 0 Å². The minimum absolute atomic E-state index is 0. The second kappa shape index (κ2) is 11.7. The topological polar surface area (TPSA) is 25.8 Å². The molecule has 0 atom stereocenters. The van der Waals surface area contributed by atoms with Gasteiger partial charge in [-0.3, -0.25) is 0 Å². The molecule has 3 aromatic heterocycles. The van der Waals surface area contributed by atoms with E-state index in [4.69, 9.17) is 0 Å². The number of hydrogen-bond acceptors (Lipinski definition) is 3. The fourth-order valence-electron chi connectivity index (χ4n) is 4.30. The first-order chi connectivity index (χ1) is 17.8. The van der Waals surface area contributed by atoms with Crippen LogP contribution in [0, 0.1) is 26.0 Å². The average molecular weight is 691 g/mol. The zero-order chi connectivity index (χ0) is 26.0. The summed E-state index contributed by atoms with van der Waals surface area (Å²) in [5.41, 5.74) is 8.23. The number of benzene rings is 3. The van der Waals surface area contributed by atoms with Gasteiger partial charge in [0.15, 0.2) is 0 Å². The molecule has 38 heavy (non-hydrogen) atoms. The number of aromatic nitrogens is 2. The molecular weight excluding hydrogens is 661 g/mol. The summed E-state index contributed by atoms with van der Waals surface area (Å²) in [6.07, 6.45) is 3.71. The molecule has 0 aliphatic heterocycles. The van der Waals surface area contributed by atoms with E-state index in [-0.39, 0.29) is 25.5 Å². The van der Waals surface area contributed by atoms with E-state index in [0.717, 1.165) is 22.5 Å². The SMILES string of the molecule is Cc1cc2sc3c(-c4cc(C(C)(C)C)ccn4)[c-]ccc3c2cc1C.[Ir].[c-]1ccccc1-c1ccccn1. The van der Waals surface area contributed by atoms with Gasteiger partial charge in [-0.2, -0.15) is 11.3 Å². The molecule has 0 unspecified atom stereocenters. The van der Waals surface area contributed by atoms with Crippen LogP contribution in [0.1, 0.15) is 37.5 Å². The van der Waals surface area contributed by atoms with E-state index in [1.807, 2.05) is 66.1 Å². The number of nitrogens with zero attached hydrogens (tertiary/aromatic N) is 2. The standard InChI is InChI=1S/C23H22NS.C11H8N.Ir/c1-14-11-19-17-7-6-8-18(22(17)25-21(19)12-15(14)2)20-13-16(9-10-24-20)23(3,4)5;1-2-6-10(7-3-1)11-8-4-5-9-12-11;/h6-7,9-13H,1-5H3;1-6,8-9H;/q2*-1;. The average Bonchev–Trinajstić information content (AvgIpc) is 3.27. The molecule has 0 N–H and O–H groups in total. The van der Waals surface area contributed by atoms with Crippen molar-refractivity contribution >= 4 is 31.5 Å². The summed E-state index contributed by atoms with van der Waals surface area (Å²) in [6.45, 7) is 11.1. The maximum Gasteiger partial charge on any atom is 0.0242 e. The maximum atomic E-state index is 4.65. The molecule has 1 radical (unpaired) electrons. The Hall–Kier alpha value is -3.17. The van der Waals surface area contributed by atoms with E-state index >= 15 is 0 Å². The summed E-state index contributed by atoms with van der Waals surface area (Å²) in [5, 5.41) is 2.64. The summed E-state index contributed by atoms with van der Waals surface area (Å²) < 4.78 is 2.62. The fraction of sp³-hybridized carbons (Fsp3) is 0.176. The Morgan fingerprint density at radius 3 is 2.18 bits per heavy atom. The molecule has 0 amide bonds. The molecule has 0 aliphatic rings. The number of hydrogen-bond donors (Lipinski definition) is 0. The third kappa shape index (κ3) is 5.94. The maximum absolute atomic E-state index is 4.65. The predicted octanol–water partition coefficient (Wildman–Crippen LogP) is 9.38. The first-order valence-corrected chi connectivity index (χ1v) is 13.3. The molecule has 193 valence electrons. The molecule has 0 fully saturated rings. The first kappa shape index (κ1) is 27.9. The van der Waals surface area contributed by atoms with E-state index in [1.165, 1.54) is 36.9 Å². The van der Waals surface area contributed by atoms with Crippen LogP contribution in [0.3, 0.4) is 0 Å². The second-order valence-corrected chi connectivity index (χ2v) is 11.4. The van der Waals surface area contributed by atoms with Crippen molar-refractivity contribution in [3.8, 4) is 22.5 Å². The summed E-state index contributed by atoms with van der Waals surface area (Å²) in [5.74, 6) is 0. The molecule has 6 aromatic rings. The molecule has 2 nitrogen and oxygen atoms in total. The molecule has 0 aliphatic carbocycles. The van der Waals surface area contributed by atoms with Gasteiger partial charge in [0.1, 0.15) is 0 Å². The van der Waals surface area contributed by atoms with Crippen LogP contribution in [0.5, 0.6) is 0 Å². The van der Waals surface area contributed by atoms with Crippen molar-refractivity contribution in [2.24, 2.45) is 0 Å². The van der Waals surface area contributed by atoms with Crippen LogP contribution in [-0.4, -0.2) is 9.97 Å². The Bertz CT molecular complexity index is 1630. The smallest absolute Gasteiger partial charge is 0.0242 e. The van der Waals surface area contributed by atoms with Gasteiger partial charge < -0.3 is 9.97 Å². The Balaban J connectivity index is 0.000000218. The van der Waals surface area contributed by atoms with Gasteiger partial charge in [-0.05, 0) is 75.6 Å². The molecule has 0 saturated carbocycles. The van der Waals surface area contributed by atoms with E-state index < -0.39 is 0 Å². The fourth-order valence-corrected chi connectivity index (χ4v) is 5.58. The van der Waals surface area contributed by atoms with Crippen LogP contribution in [-0.2, 0) is 25.5 Å². The molecule has 0 bridgehead atoms. The van der Waals surface area contributed by atoms with Crippen molar-refractivity contribution < 1.29 is 20.1 Å². The minimum Gasteiger partial charge on any atom is -0.305 e. The summed E-state index contributed by atoms with van der Waals surface area (Å²) >= 11 is 1.85. The summed E-state index contributed by atoms with van der Waals surface area (Å²) in [4.78, 5) is 8.87. The van der Waals surface area contributed by atoms with Crippen LogP contribution in [0.15, 0.2) is 91.3 Å². The zero-order valence-corrected chi connectivity index (χ0v) is 25.5. The van der Waals surface area contributed by atoms with E-state index in [9.17, 15) is 0 Å². The van der Waals surface area contributed by atoms with Gasteiger partial charge in [0.2, 0.25) is 0 Å². The number of thiophene rings is 1. The Labute approximate surface area is 243 Å². The first-order valence-electron chi connectivity index (χ1n) is 12.5. The summed E-state index contributed by atoms with van der Waals surface area (Å²) in [6, 6.07) is 33.4. The van der Waals surface area contributed by atoms with Crippen LogP contribution in [0.4, 0.5) is 0 Å². The zero-order valence-electron chi connectivity index (χ0n) is 22.3. The molecule has 3 heterocycles. The molecule has 6 rings (SSSR count). The molecule has 4 heteroatoms. The van der Waals surface area contributed by atoms with Gasteiger partial charge in [0, 0.05) is 37.2 Å². The van der Waals surface area contributed by atoms with Crippen LogP contribution < -0.4 is 0 Å². The Morgan fingerprint density at radius 1 is 0.711 bits per heavy atom. The van der Waals surface area contributed by atoms with Gasteiger partial charge in [-0.1, -0.05) is 50.4 Å². The monoisotopic (exact) mass is 691 g/mol. The Morgan fingerprint density at radius 2 is 1.47 bits per heavy atom. The van der Waals surface area contributed by atoms with Crippen LogP contribution in [0.25, 0.3) is 42.7 Å². The number of rotatable bonds is 2. The number of pyridine rings is 2. The Kier molecular flexibility index (Phi) is 8.57. The largest absolute Gasteiger partial charge is 0.305 e. The molecule has 0 spiro atoms. The van der Waals surface area contributed by atoms with Crippen molar-refractivity contribution in [3.63, 3.8) is 0 Å². The van der Waals surface area contributed by atoms with E-state index in [0.29, 0.717) is 0 Å². The van der Waals surface area contributed by atoms with Gasteiger partial charge >= 0.3 is 0 Å². The third-order valence-corrected chi connectivity index (χ3v) is 7.77. The predicted molar refractivity (Wildman–Crippen MR) is 158 cm³/mol.